The predicted molar refractivity (Wildman–Crippen MR) is 145 cm³/mol. The predicted octanol–water partition coefficient (Wildman–Crippen LogP) is 4.45. The number of benzene rings is 3. The van der Waals surface area contributed by atoms with Crippen LogP contribution in [0.15, 0.2) is 71.6 Å². The van der Waals surface area contributed by atoms with Crippen molar-refractivity contribution in [1.82, 2.24) is 5.32 Å². The van der Waals surface area contributed by atoms with Crippen molar-refractivity contribution < 1.29 is 22.7 Å². The summed E-state index contributed by atoms with van der Waals surface area (Å²) >= 11 is 0. The fraction of sp³-hybridized carbons (Fsp3) is 0.321. The van der Waals surface area contributed by atoms with Crippen molar-refractivity contribution in [2.75, 3.05) is 43.6 Å². The van der Waals surface area contributed by atoms with Crippen LogP contribution in [-0.2, 0) is 16.6 Å². The van der Waals surface area contributed by atoms with E-state index in [1.807, 2.05) is 12.1 Å². The summed E-state index contributed by atoms with van der Waals surface area (Å²) in [4.78, 5) is 15.2. The molecule has 37 heavy (non-hydrogen) atoms. The average molecular weight is 524 g/mol. The van der Waals surface area contributed by atoms with Gasteiger partial charge in [-0.1, -0.05) is 12.1 Å². The molecule has 0 aliphatic carbocycles. The summed E-state index contributed by atoms with van der Waals surface area (Å²) in [7, 11) is 0.559. The van der Waals surface area contributed by atoms with Crippen molar-refractivity contribution in [1.29, 1.82) is 0 Å². The number of nitrogens with one attached hydrogen (secondary N) is 1. The van der Waals surface area contributed by atoms with Crippen molar-refractivity contribution in [2.24, 2.45) is 0 Å². The molecule has 1 saturated heterocycles. The lowest BCUT2D eigenvalue weighted by Crippen LogP contribution is -2.29. The smallest absolute Gasteiger partial charge is 0.264 e. The second kappa shape index (κ2) is 11.6. The molecule has 0 radical (unpaired) electrons. The Morgan fingerprint density at radius 1 is 0.892 bits per heavy atom. The van der Waals surface area contributed by atoms with Crippen LogP contribution < -0.4 is 24.0 Å². The minimum absolute atomic E-state index is 0.0702. The van der Waals surface area contributed by atoms with Crippen molar-refractivity contribution in [3.05, 3.63) is 77.9 Å². The van der Waals surface area contributed by atoms with Crippen LogP contribution in [0, 0.1) is 0 Å². The Morgan fingerprint density at radius 3 is 2.16 bits per heavy atom. The Balaban J connectivity index is 1.38. The number of carbonyl (C=O) groups is 1. The van der Waals surface area contributed by atoms with Gasteiger partial charge in [-0.2, -0.15) is 0 Å². The van der Waals surface area contributed by atoms with Gasteiger partial charge in [0.2, 0.25) is 0 Å². The molecule has 0 saturated carbocycles. The second-order valence-corrected chi connectivity index (χ2v) is 10.9. The van der Waals surface area contributed by atoms with E-state index < -0.39 is 10.0 Å². The van der Waals surface area contributed by atoms with Gasteiger partial charge in [-0.25, -0.2) is 8.42 Å². The zero-order valence-corrected chi connectivity index (χ0v) is 22.3. The summed E-state index contributed by atoms with van der Waals surface area (Å²) in [5.41, 5.74) is 3.12. The maximum atomic E-state index is 13.2. The fourth-order valence-electron chi connectivity index (χ4n) is 4.36. The summed E-state index contributed by atoms with van der Waals surface area (Å²) in [6, 6.07) is 19.2. The molecule has 9 heteroatoms. The Labute approximate surface area is 218 Å². The standard InChI is InChI=1S/C28H33N3O5S/c1-30(37(33,34)25-15-16-26(35-2)27(19-25)36-3)23-13-9-22(10-14-23)28(32)29-20-21-7-11-24(12-8-21)31-17-5-4-6-18-31/h7-16,19H,4-6,17-18,20H2,1-3H3,(H,29,32). The fourth-order valence-corrected chi connectivity index (χ4v) is 5.57. The number of rotatable bonds is 9. The molecule has 1 fully saturated rings. The van der Waals surface area contributed by atoms with Crippen LogP contribution in [0.1, 0.15) is 35.2 Å². The van der Waals surface area contributed by atoms with Crippen LogP contribution in [0.25, 0.3) is 0 Å². The molecule has 4 rings (SSSR count). The van der Waals surface area contributed by atoms with E-state index in [-0.39, 0.29) is 10.8 Å². The SMILES string of the molecule is COc1ccc(S(=O)(=O)N(C)c2ccc(C(=O)NCc3ccc(N4CCCCC4)cc3)cc2)cc1OC. The summed E-state index contributed by atoms with van der Waals surface area (Å²) in [5, 5.41) is 2.93. The molecular weight excluding hydrogens is 490 g/mol. The molecule has 3 aromatic rings. The maximum absolute atomic E-state index is 13.2. The minimum atomic E-state index is -3.85. The molecule has 3 aromatic carbocycles. The molecule has 1 amide bonds. The topological polar surface area (TPSA) is 88.2 Å². The molecule has 196 valence electrons. The lowest BCUT2D eigenvalue weighted by molar-refractivity contribution is 0.0951. The minimum Gasteiger partial charge on any atom is -0.493 e. The third kappa shape index (κ3) is 5.99. The molecule has 0 unspecified atom stereocenters. The third-order valence-corrected chi connectivity index (χ3v) is 8.40. The number of piperidine rings is 1. The molecule has 0 spiro atoms. The number of nitrogens with zero attached hydrogens (tertiary/aromatic N) is 2. The Hall–Kier alpha value is -3.72. The van der Waals surface area contributed by atoms with Crippen molar-refractivity contribution >= 4 is 27.3 Å². The van der Waals surface area contributed by atoms with Gasteiger partial charge in [-0.3, -0.25) is 9.10 Å². The number of ether oxygens (including phenoxy) is 2. The van der Waals surface area contributed by atoms with Gasteiger partial charge in [0.25, 0.3) is 15.9 Å². The third-order valence-electron chi connectivity index (χ3n) is 6.62. The first-order valence-electron chi connectivity index (χ1n) is 12.3. The highest BCUT2D eigenvalue weighted by Gasteiger charge is 2.23. The van der Waals surface area contributed by atoms with Crippen LogP contribution in [0.4, 0.5) is 11.4 Å². The van der Waals surface area contributed by atoms with Crippen molar-refractivity contribution in [2.45, 2.75) is 30.7 Å². The Morgan fingerprint density at radius 2 is 1.54 bits per heavy atom. The summed E-state index contributed by atoms with van der Waals surface area (Å²) in [6.45, 7) is 2.60. The Kier molecular flexibility index (Phi) is 8.23. The van der Waals surface area contributed by atoms with E-state index in [9.17, 15) is 13.2 Å². The van der Waals surface area contributed by atoms with E-state index in [4.69, 9.17) is 9.47 Å². The van der Waals surface area contributed by atoms with E-state index in [2.05, 4.69) is 22.3 Å². The van der Waals surface area contributed by atoms with Gasteiger partial charge in [0.05, 0.1) is 24.8 Å². The first-order chi connectivity index (χ1) is 17.8. The second-order valence-electron chi connectivity index (χ2n) is 8.93. The highest BCUT2D eigenvalue weighted by atomic mass is 32.2. The molecule has 8 nitrogen and oxygen atoms in total. The molecule has 1 N–H and O–H groups in total. The molecule has 1 aliphatic heterocycles. The molecule has 0 atom stereocenters. The molecule has 0 aromatic heterocycles. The normalized spacial score (nSPS) is 13.6. The van der Waals surface area contributed by atoms with Crippen LogP contribution in [0.2, 0.25) is 0 Å². The van der Waals surface area contributed by atoms with Gasteiger partial charge in [0.1, 0.15) is 0 Å². The van der Waals surface area contributed by atoms with Gasteiger partial charge >= 0.3 is 0 Å². The average Bonchev–Trinajstić information content (AvgIpc) is 2.95. The van der Waals surface area contributed by atoms with Gasteiger partial charge in [0, 0.05) is 44.0 Å². The van der Waals surface area contributed by atoms with E-state index in [1.165, 1.54) is 62.7 Å². The Bertz CT molecular complexity index is 1320. The van der Waals surface area contributed by atoms with E-state index >= 15 is 0 Å². The lowest BCUT2D eigenvalue weighted by atomic mass is 10.1. The van der Waals surface area contributed by atoms with E-state index in [0.717, 1.165) is 18.7 Å². The number of hydrogen-bond donors (Lipinski definition) is 1. The van der Waals surface area contributed by atoms with Crippen LogP contribution in [0.5, 0.6) is 11.5 Å². The van der Waals surface area contributed by atoms with Gasteiger partial charge in [0.15, 0.2) is 11.5 Å². The summed E-state index contributed by atoms with van der Waals surface area (Å²) in [6.07, 6.45) is 3.76. The monoisotopic (exact) mass is 523 g/mol. The molecule has 1 heterocycles. The van der Waals surface area contributed by atoms with E-state index in [0.29, 0.717) is 29.3 Å². The summed E-state index contributed by atoms with van der Waals surface area (Å²) < 4.78 is 37.9. The number of methoxy groups -OCH3 is 2. The highest BCUT2D eigenvalue weighted by Crippen LogP contribution is 2.31. The van der Waals surface area contributed by atoms with Crippen LogP contribution >= 0.6 is 0 Å². The zero-order valence-electron chi connectivity index (χ0n) is 21.4. The summed E-state index contributed by atoms with van der Waals surface area (Å²) in [5.74, 6) is 0.541. The number of amides is 1. The lowest BCUT2D eigenvalue weighted by Gasteiger charge is -2.28. The molecule has 0 bridgehead atoms. The van der Waals surface area contributed by atoms with E-state index in [1.54, 1.807) is 30.3 Å². The quantitative estimate of drug-likeness (QED) is 0.446. The molecular formula is C28H33N3O5S. The zero-order chi connectivity index (χ0) is 26.4. The largest absolute Gasteiger partial charge is 0.493 e. The van der Waals surface area contributed by atoms with Crippen molar-refractivity contribution in [3.63, 3.8) is 0 Å². The number of carbonyl (C=O) groups excluding carboxylic acids is 1. The first kappa shape index (κ1) is 26.3. The van der Waals surface area contributed by atoms with Crippen LogP contribution in [-0.4, -0.2) is 48.7 Å². The maximum Gasteiger partial charge on any atom is 0.264 e. The highest BCUT2D eigenvalue weighted by molar-refractivity contribution is 7.92. The van der Waals surface area contributed by atoms with Gasteiger partial charge < -0.3 is 19.7 Å². The molecule has 1 aliphatic rings. The van der Waals surface area contributed by atoms with Gasteiger partial charge in [-0.15, -0.1) is 0 Å². The number of sulfonamides is 1. The number of anilines is 2. The first-order valence-corrected chi connectivity index (χ1v) is 13.7. The van der Waals surface area contributed by atoms with Crippen LogP contribution in [0.3, 0.4) is 0 Å². The van der Waals surface area contributed by atoms with Gasteiger partial charge in [-0.05, 0) is 73.4 Å². The van der Waals surface area contributed by atoms with Crippen molar-refractivity contribution in [3.8, 4) is 11.5 Å². The number of hydrogen-bond acceptors (Lipinski definition) is 6.